The number of halogens is 1. The first-order chi connectivity index (χ1) is 8.34. The van der Waals surface area contributed by atoms with Crippen molar-refractivity contribution < 1.29 is 9.53 Å². The molecule has 0 spiro atoms. The Morgan fingerprint density at radius 3 is 2.89 bits per heavy atom. The highest BCUT2D eigenvalue weighted by molar-refractivity contribution is 5.85. The van der Waals surface area contributed by atoms with E-state index in [-0.39, 0.29) is 24.4 Å². The fourth-order valence-corrected chi connectivity index (χ4v) is 2.67. The van der Waals surface area contributed by atoms with Crippen LogP contribution >= 0.6 is 12.4 Å². The largest absolute Gasteiger partial charge is 0.378 e. The summed E-state index contributed by atoms with van der Waals surface area (Å²) < 4.78 is 5.45. The molecule has 2 unspecified atom stereocenters. The number of amides is 1. The minimum absolute atomic E-state index is 0. The van der Waals surface area contributed by atoms with E-state index in [1.807, 2.05) is 0 Å². The average molecular weight is 277 g/mol. The van der Waals surface area contributed by atoms with E-state index < -0.39 is 0 Å². The van der Waals surface area contributed by atoms with Gasteiger partial charge >= 0.3 is 0 Å². The summed E-state index contributed by atoms with van der Waals surface area (Å²) in [7, 11) is 0. The number of carbonyl (C=O) groups is 1. The molecule has 5 heteroatoms. The SMILES string of the molecule is Cl.O=C(CC1CCCO1)NCCC1CCCNC1. The van der Waals surface area contributed by atoms with E-state index in [9.17, 15) is 4.79 Å². The first-order valence-electron chi connectivity index (χ1n) is 6.93. The Balaban J connectivity index is 0.00000162. The van der Waals surface area contributed by atoms with Crippen LogP contribution in [0.4, 0.5) is 0 Å². The predicted molar refractivity (Wildman–Crippen MR) is 74.1 cm³/mol. The van der Waals surface area contributed by atoms with E-state index in [4.69, 9.17) is 4.74 Å². The van der Waals surface area contributed by atoms with Gasteiger partial charge in [-0.2, -0.15) is 0 Å². The second kappa shape index (κ2) is 8.73. The summed E-state index contributed by atoms with van der Waals surface area (Å²) in [6.07, 6.45) is 6.54. The molecule has 2 saturated heterocycles. The fourth-order valence-electron chi connectivity index (χ4n) is 2.67. The van der Waals surface area contributed by atoms with Crippen molar-refractivity contribution in [1.82, 2.24) is 10.6 Å². The Labute approximate surface area is 116 Å². The van der Waals surface area contributed by atoms with Crippen LogP contribution < -0.4 is 10.6 Å². The summed E-state index contributed by atoms with van der Waals surface area (Å²) in [4.78, 5) is 11.6. The third-order valence-corrected chi connectivity index (χ3v) is 3.71. The molecule has 2 heterocycles. The number of rotatable bonds is 5. The normalized spacial score (nSPS) is 27.6. The molecular formula is C13H25ClN2O2. The number of hydrogen-bond donors (Lipinski definition) is 2. The molecule has 4 nitrogen and oxygen atoms in total. The highest BCUT2D eigenvalue weighted by Gasteiger charge is 2.19. The molecule has 2 aliphatic rings. The lowest BCUT2D eigenvalue weighted by Crippen LogP contribution is -2.34. The molecule has 2 rings (SSSR count). The lowest BCUT2D eigenvalue weighted by Gasteiger charge is -2.22. The van der Waals surface area contributed by atoms with Gasteiger partial charge in [-0.25, -0.2) is 0 Å². The molecule has 0 saturated carbocycles. The maximum Gasteiger partial charge on any atom is 0.222 e. The number of nitrogens with one attached hydrogen (secondary N) is 2. The first-order valence-corrected chi connectivity index (χ1v) is 6.93. The number of carbonyl (C=O) groups excluding carboxylic acids is 1. The summed E-state index contributed by atoms with van der Waals surface area (Å²) in [6.45, 7) is 3.91. The van der Waals surface area contributed by atoms with Crippen molar-refractivity contribution in [3.63, 3.8) is 0 Å². The quantitative estimate of drug-likeness (QED) is 0.800. The van der Waals surface area contributed by atoms with Gasteiger partial charge in [-0.3, -0.25) is 4.79 Å². The molecule has 0 radical (unpaired) electrons. The standard InChI is InChI=1S/C13H24N2O2.ClH/c16-13(9-12-4-2-8-17-12)15-7-5-11-3-1-6-14-10-11;/h11-12,14H,1-10H2,(H,15,16);1H. The highest BCUT2D eigenvalue weighted by Crippen LogP contribution is 2.15. The van der Waals surface area contributed by atoms with Gasteiger partial charge in [0.05, 0.1) is 12.5 Å². The Morgan fingerprint density at radius 2 is 2.22 bits per heavy atom. The van der Waals surface area contributed by atoms with Crippen molar-refractivity contribution in [2.24, 2.45) is 5.92 Å². The fraction of sp³-hybridized carbons (Fsp3) is 0.923. The molecule has 0 aromatic carbocycles. The van der Waals surface area contributed by atoms with Gasteiger partial charge in [-0.15, -0.1) is 12.4 Å². The molecule has 0 aromatic heterocycles. The molecule has 2 N–H and O–H groups in total. The smallest absolute Gasteiger partial charge is 0.222 e. The van der Waals surface area contributed by atoms with E-state index in [0.29, 0.717) is 6.42 Å². The predicted octanol–water partition coefficient (Wildman–Crippen LogP) is 1.48. The minimum atomic E-state index is 0. The van der Waals surface area contributed by atoms with Crippen LogP contribution in [0, 0.1) is 5.92 Å². The van der Waals surface area contributed by atoms with Gasteiger partial charge in [0.2, 0.25) is 5.91 Å². The molecule has 0 aromatic rings. The number of ether oxygens (including phenoxy) is 1. The van der Waals surface area contributed by atoms with Crippen molar-refractivity contribution in [2.75, 3.05) is 26.2 Å². The molecule has 2 fully saturated rings. The number of piperidine rings is 1. The molecule has 0 bridgehead atoms. The lowest BCUT2D eigenvalue weighted by atomic mass is 9.96. The maximum atomic E-state index is 11.6. The Kier molecular flexibility index (Phi) is 7.63. The molecule has 1 amide bonds. The highest BCUT2D eigenvalue weighted by atomic mass is 35.5. The van der Waals surface area contributed by atoms with Crippen LogP contribution in [0.3, 0.4) is 0 Å². The van der Waals surface area contributed by atoms with Crippen molar-refractivity contribution >= 4 is 18.3 Å². The Morgan fingerprint density at radius 1 is 1.33 bits per heavy atom. The minimum Gasteiger partial charge on any atom is -0.378 e. The molecule has 0 aliphatic carbocycles. The number of hydrogen-bond acceptors (Lipinski definition) is 3. The van der Waals surface area contributed by atoms with E-state index in [1.54, 1.807) is 0 Å². The first kappa shape index (κ1) is 15.7. The topological polar surface area (TPSA) is 50.4 Å². The summed E-state index contributed by atoms with van der Waals surface area (Å²) >= 11 is 0. The van der Waals surface area contributed by atoms with E-state index in [1.165, 1.54) is 12.8 Å². The van der Waals surface area contributed by atoms with Crippen molar-refractivity contribution in [3.8, 4) is 0 Å². The Hall–Kier alpha value is -0.320. The van der Waals surface area contributed by atoms with Crippen LogP contribution in [0.2, 0.25) is 0 Å². The second-order valence-electron chi connectivity index (χ2n) is 5.19. The summed E-state index contributed by atoms with van der Waals surface area (Å²) in [5.74, 6) is 0.896. The van der Waals surface area contributed by atoms with Crippen molar-refractivity contribution in [2.45, 2.75) is 44.6 Å². The van der Waals surface area contributed by atoms with Gasteiger partial charge in [-0.05, 0) is 51.1 Å². The summed E-state index contributed by atoms with van der Waals surface area (Å²) in [5.41, 5.74) is 0. The maximum absolute atomic E-state index is 11.6. The van der Waals surface area contributed by atoms with Crippen LogP contribution in [0.5, 0.6) is 0 Å². The third kappa shape index (κ3) is 5.55. The van der Waals surface area contributed by atoms with Gasteiger partial charge in [0.15, 0.2) is 0 Å². The average Bonchev–Trinajstić information content (AvgIpc) is 2.83. The zero-order valence-electron chi connectivity index (χ0n) is 11.0. The summed E-state index contributed by atoms with van der Waals surface area (Å²) in [5, 5.41) is 6.41. The van der Waals surface area contributed by atoms with Crippen LogP contribution in [0.25, 0.3) is 0 Å². The van der Waals surface area contributed by atoms with Crippen molar-refractivity contribution in [3.05, 3.63) is 0 Å². The Bertz CT molecular complexity index is 239. The second-order valence-corrected chi connectivity index (χ2v) is 5.19. The van der Waals surface area contributed by atoms with E-state index >= 15 is 0 Å². The van der Waals surface area contributed by atoms with Gasteiger partial charge in [0.25, 0.3) is 0 Å². The van der Waals surface area contributed by atoms with E-state index in [0.717, 1.165) is 51.4 Å². The van der Waals surface area contributed by atoms with E-state index in [2.05, 4.69) is 10.6 Å². The van der Waals surface area contributed by atoms with Crippen LogP contribution in [-0.2, 0) is 9.53 Å². The summed E-state index contributed by atoms with van der Waals surface area (Å²) in [6, 6.07) is 0. The molecule has 2 atom stereocenters. The van der Waals surface area contributed by atoms with Crippen molar-refractivity contribution in [1.29, 1.82) is 0 Å². The van der Waals surface area contributed by atoms with Gasteiger partial charge in [0.1, 0.15) is 0 Å². The lowest BCUT2D eigenvalue weighted by molar-refractivity contribution is -0.123. The van der Waals surface area contributed by atoms with Crippen LogP contribution in [0.1, 0.15) is 38.5 Å². The third-order valence-electron chi connectivity index (χ3n) is 3.71. The van der Waals surface area contributed by atoms with Gasteiger partial charge in [-0.1, -0.05) is 0 Å². The zero-order valence-corrected chi connectivity index (χ0v) is 11.8. The molecule has 18 heavy (non-hydrogen) atoms. The zero-order chi connectivity index (χ0) is 11.9. The van der Waals surface area contributed by atoms with Crippen LogP contribution in [0.15, 0.2) is 0 Å². The van der Waals surface area contributed by atoms with Crippen LogP contribution in [-0.4, -0.2) is 38.3 Å². The van der Waals surface area contributed by atoms with Gasteiger partial charge in [0, 0.05) is 13.2 Å². The van der Waals surface area contributed by atoms with Gasteiger partial charge < -0.3 is 15.4 Å². The molecule has 106 valence electrons. The monoisotopic (exact) mass is 276 g/mol. The molecular weight excluding hydrogens is 252 g/mol. The molecule has 2 aliphatic heterocycles.